The van der Waals surface area contributed by atoms with Crippen LogP contribution in [0.5, 0.6) is 5.75 Å². The fraction of sp³-hybridized carbons (Fsp3) is 0.600. The van der Waals surface area contributed by atoms with Gasteiger partial charge in [-0.3, -0.25) is 5.10 Å². The highest BCUT2D eigenvalue weighted by Crippen LogP contribution is 2.18. The van der Waals surface area contributed by atoms with E-state index in [1.165, 1.54) is 19.3 Å². The molecule has 0 unspecified atom stereocenters. The van der Waals surface area contributed by atoms with Gasteiger partial charge in [0.05, 0.1) is 0 Å². The molecule has 1 saturated heterocycles. The van der Waals surface area contributed by atoms with Crippen LogP contribution in [0.4, 0.5) is 0 Å². The number of rotatable bonds is 11. The Kier molecular flexibility index (Phi) is 8.60. The summed E-state index contributed by atoms with van der Waals surface area (Å²) >= 11 is 1.63. The predicted molar refractivity (Wildman–Crippen MR) is 112 cm³/mol. The number of aliphatic hydroxyl groups is 1. The second-order valence-electron chi connectivity index (χ2n) is 7.16. The van der Waals surface area contributed by atoms with Crippen LogP contribution in [-0.4, -0.2) is 69.8 Å². The van der Waals surface area contributed by atoms with Crippen LogP contribution in [0.3, 0.4) is 0 Å². The number of hydrogen-bond donors (Lipinski definition) is 3. The van der Waals surface area contributed by atoms with E-state index in [1.54, 1.807) is 11.8 Å². The zero-order chi connectivity index (χ0) is 19.6. The first kappa shape index (κ1) is 21.1. The summed E-state index contributed by atoms with van der Waals surface area (Å²) in [5.41, 5.74) is 1.10. The predicted octanol–water partition coefficient (Wildman–Crippen LogP) is 2.22. The van der Waals surface area contributed by atoms with E-state index < -0.39 is 6.10 Å². The van der Waals surface area contributed by atoms with Crippen molar-refractivity contribution >= 4 is 11.8 Å². The number of nitrogens with zero attached hydrogens (tertiary/aromatic N) is 3. The van der Waals surface area contributed by atoms with Crippen LogP contribution < -0.4 is 10.1 Å². The highest BCUT2D eigenvalue weighted by atomic mass is 32.2. The van der Waals surface area contributed by atoms with Gasteiger partial charge in [-0.25, -0.2) is 4.98 Å². The van der Waals surface area contributed by atoms with E-state index in [0.717, 1.165) is 54.2 Å². The van der Waals surface area contributed by atoms with Gasteiger partial charge in [-0.05, 0) is 38.9 Å². The average molecular weight is 406 g/mol. The average Bonchev–Trinajstić information content (AvgIpc) is 3.13. The third-order valence-electron chi connectivity index (χ3n) is 4.72. The number of piperidine rings is 1. The summed E-state index contributed by atoms with van der Waals surface area (Å²) in [6.07, 6.45) is 3.31. The van der Waals surface area contributed by atoms with E-state index in [1.807, 2.05) is 25.1 Å². The van der Waals surface area contributed by atoms with Gasteiger partial charge >= 0.3 is 0 Å². The maximum absolute atomic E-state index is 10.3. The molecule has 2 heterocycles. The van der Waals surface area contributed by atoms with E-state index in [4.69, 9.17) is 4.74 Å². The van der Waals surface area contributed by atoms with Gasteiger partial charge in [0.1, 0.15) is 24.3 Å². The zero-order valence-electron chi connectivity index (χ0n) is 16.6. The highest BCUT2D eigenvalue weighted by Gasteiger charge is 2.15. The summed E-state index contributed by atoms with van der Waals surface area (Å²) in [5.74, 6) is 2.57. The van der Waals surface area contributed by atoms with Crippen LogP contribution in [0.15, 0.2) is 29.4 Å². The van der Waals surface area contributed by atoms with E-state index in [2.05, 4.69) is 31.5 Å². The molecule has 7 nitrogen and oxygen atoms in total. The monoisotopic (exact) mass is 405 g/mol. The molecule has 0 radical (unpaired) electrons. The van der Waals surface area contributed by atoms with Gasteiger partial charge in [-0.2, -0.15) is 0 Å². The number of ether oxygens (including phenoxy) is 1. The molecule has 28 heavy (non-hydrogen) atoms. The van der Waals surface area contributed by atoms with Gasteiger partial charge < -0.3 is 20.1 Å². The Morgan fingerprint density at radius 3 is 2.89 bits per heavy atom. The second-order valence-corrected chi connectivity index (χ2v) is 8.22. The Hall–Kier alpha value is -1.61. The molecule has 0 amide bonds. The summed E-state index contributed by atoms with van der Waals surface area (Å²) in [6.45, 7) is 6.67. The van der Waals surface area contributed by atoms with Crippen molar-refractivity contribution in [2.24, 2.45) is 0 Å². The lowest BCUT2D eigenvalue weighted by molar-refractivity contribution is 0.0614. The first-order chi connectivity index (χ1) is 13.7. The van der Waals surface area contributed by atoms with Crippen LogP contribution in [0, 0.1) is 6.92 Å². The normalized spacial score (nSPS) is 16.2. The number of aromatic amines is 1. The largest absolute Gasteiger partial charge is 0.491 e. The molecule has 154 valence electrons. The molecule has 3 rings (SSSR count). The topological polar surface area (TPSA) is 86.3 Å². The van der Waals surface area contributed by atoms with Gasteiger partial charge in [0, 0.05) is 31.0 Å². The first-order valence-electron chi connectivity index (χ1n) is 10.0. The quantitative estimate of drug-likeness (QED) is 0.390. The third kappa shape index (κ3) is 7.09. The number of para-hydroxylation sites is 1. The summed E-state index contributed by atoms with van der Waals surface area (Å²) in [5, 5.41) is 21.5. The Morgan fingerprint density at radius 1 is 1.29 bits per heavy atom. The van der Waals surface area contributed by atoms with E-state index in [9.17, 15) is 5.11 Å². The van der Waals surface area contributed by atoms with Crippen LogP contribution in [-0.2, 0) is 6.54 Å². The summed E-state index contributed by atoms with van der Waals surface area (Å²) in [4.78, 5) is 6.62. The Bertz CT molecular complexity index is 705. The Labute approximate surface area is 171 Å². The lowest BCUT2D eigenvalue weighted by Gasteiger charge is -2.28. The van der Waals surface area contributed by atoms with Crippen LogP contribution >= 0.6 is 11.8 Å². The van der Waals surface area contributed by atoms with Gasteiger partial charge in [-0.1, -0.05) is 36.4 Å². The van der Waals surface area contributed by atoms with Crippen molar-refractivity contribution in [3.63, 3.8) is 0 Å². The fourth-order valence-corrected chi connectivity index (χ4v) is 4.03. The van der Waals surface area contributed by atoms with Crippen molar-refractivity contribution in [2.45, 2.75) is 44.0 Å². The van der Waals surface area contributed by atoms with Crippen molar-refractivity contribution < 1.29 is 9.84 Å². The number of thioether (sulfide) groups is 1. The number of aliphatic hydroxyl groups excluding tert-OH is 1. The number of hydrogen-bond acceptors (Lipinski definition) is 7. The SMILES string of the molecule is Cc1nc(SCCNCc2ccccc2OC[C@@H](O)CN2CCCCC2)n[nH]1. The number of β-amino-alcohol motifs (C(OH)–C–C–N with tert-alkyl or cyclic N) is 1. The molecule has 8 heteroatoms. The summed E-state index contributed by atoms with van der Waals surface area (Å²) in [7, 11) is 0. The van der Waals surface area contributed by atoms with Crippen molar-refractivity contribution in [3.8, 4) is 5.75 Å². The minimum atomic E-state index is -0.458. The summed E-state index contributed by atoms with van der Waals surface area (Å²) < 4.78 is 5.92. The molecule has 1 aliphatic rings. The Morgan fingerprint density at radius 2 is 2.11 bits per heavy atom. The number of likely N-dealkylation sites (tertiary alicyclic amines) is 1. The zero-order valence-corrected chi connectivity index (χ0v) is 17.4. The van der Waals surface area contributed by atoms with Crippen LogP contribution in [0.1, 0.15) is 30.7 Å². The molecule has 1 fully saturated rings. The molecule has 0 spiro atoms. The molecule has 3 N–H and O–H groups in total. The van der Waals surface area contributed by atoms with Gasteiger partial charge in [0.2, 0.25) is 5.16 Å². The highest BCUT2D eigenvalue weighted by molar-refractivity contribution is 7.99. The summed E-state index contributed by atoms with van der Waals surface area (Å²) in [6, 6.07) is 8.01. The fourth-order valence-electron chi connectivity index (χ4n) is 3.29. The van der Waals surface area contributed by atoms with E-state index >= 15 is 0 Å². The van der Waals surface area contributed by atoms with Gasteiger partial charge in [-0.15, -0.1) is 5.10 Å². The molecule has 0 bridgehead atoms. The third-order valence-corrected chi connectivity index (χ3v) is 5.57. The minimum absolute atomic E-state index is 0.327. The Balaban J connectivity index is 1.37. The van der Waals surface area contributed by atoms with Crippen molar-refractivity contribution in [1.29, 1.82) is 0 Å². The molecule has 1 aliphatic heterocycles. The lowest BCUT2D eigenvalue weighted by atomic mass is 10.1. The number of H-pyrrole nitrogens is 1. The first-order valence-corrected chi connectivity index (χ1v) is 11.0. The molecule has 1 aromatic carbocycles. The van der Waals surface area contributed by atoms with E-state index in [0.29, 0.717) is 13.2 Å². The smallest absolute Gasteiger partial charge is 0.208 e. The van der Waals surface area contributed by atoms with Crippen molar-refractivity contribution in [1.82, 2.24) is 25.4 Å². The molecule has 1 aromatic heterocycles. The lowest BCUT2D eigenvalue weighted by Crippen LogP contribution is -2.38. The van der Waals surface area contributed by atoms with Gasteiger partial charge in [0.15, 0.2) is 0 Å². The van der Waals surface area contributed by atoms with Crippen LogP contribution in [0.25, 0.3) is 0 Å². The van der Waals surface area contributed by atoms with Crippen molar-refractivity contribution in [3.05, 3.63) is 35.7 Å². The van der Waals surface area contributed by atoms with Crippen LogP contribution in [0.2, 0.25) is 0 Å². The molecule has 2 aromatic rings. The molecule has 0 aliphatic carbocycles. The minimum Gasteiger partial charge on any atom is -0.491 e. The number of aryl methyl sites for hydroxylation is 1. The maximum Gasteiger partial charge on any atom is 0.208 e. The van der Waals surface area contributed by atoms with Crippen molar-refractivity contribution in [2.75, 3.05) is 38.5 Å². The van der Waals surface area contributed by atoms with E-state index in [-0.39, 0.29) is 0 Å². The molecular weight excluding hydrogens is 374 g/mol. The maximum atomic E-state index is 10.3. The second kappa shape index (κ2) is 11.4. The standard InChI is InChI=1S/C20H31N5O2S/c1-16-22-20(24-23-16)28-12-9-21-13-17-7-3-4-8-19(17)27-15-18(26)14-25-10-5-2-6-11-25/h3-4,7-8,18,21,26H,2,5-6,9-15H2,1H3,(H,22,23,24)/t18-/m0/s1. The number of aromatic nitrogens is 3. The number of benzene rings is 1. The molecular formula is C20H31N5O2S. The number of nitrogens with one attached hydrogen (secondary N) is 2. The van der Waals surface area contributed by atoms with Gasteiger partial charge in [0.25, 0.3) is 0 Å². The molecule has 0 saturated carbocycles. The molecule has 1 atom stereocenters.